The van der Waals surface area contributed by atoms with Gasteiger partial charge in [-0.15, -0.1) is 0 Å². The molecule has 5 aliphatic rings. The average molecular weight is 663 g/mol. The summed E-state index contributed by atoms with van der Waals surface area (Å²) in [6.07, 6.45) is 6.84. The minimum atomic E-state index is -3.43. The molecule has 2 amide bonds. The van der Waals surface area contributed by atoms with Gasteiger partial charge < -0.3 is 29.3 Å². The van der Waals surface area contributed by atoms with Gasteiger partial charge in [-0.25, -0.2) is 4.79 Å². The normalized spacial score (nSPS) is 28.4. The molecule has 3 N–H and O–H groups in total. The smallest absolute Gasteiger partial charge is 0.410 e. The molecule has 13 heteroatoms. The van der Waals surface area contributed by atoms with Crippen molar-refractivity contribution in [1.29, 1.82) is 0 Å². The van der Waals surface area contributed by atoms with Crippen LogP contribution in [0.4, 0.5) is 19.3 Å². The lowest BCUT2D eigenvalue weighted by molar-refractivity contribution is -0.156. The topological polar surface area (TPSA) is 108 Å². The summed E-state index contributed by atoms with van der Waals surface area (Å²) in [6.45, 7) is 7.56. The Morgan fingerprint density at radius 2 is 1.83 bits per heavy atom. The van der Waals surface area contributed by atoms with Crippen molar-refractivity contribution < 1.29 is 32.6 Å². The second-order valence-electron chi connectivity index (χ2n) is 15.3. The molecule has 1 aromatic rings. The van der Waals surface area contributed by atoms with E-state index < -0.39 is 42.5 Å². The Balaban J connectivity index is 1.02. The number of likely N-dealkylation sites (tertiary alicyclic amines) is 1. The molecule has 3 atom stereocenters. The second kappa shape index (κ2) is 13.2. The molecule has 6 rings (SSSR count). The van der Waals surface area contributed by atoms with Gasteiger partial charge in [-0.05, 0) is 82.8 Å². The number of fused-ring (bicyclic) bond motifs is 1. The first kappa shape index (κ1) is 34.0. The molecule has 3 aliphatic heterocycles. The third kappa shape index (κ3) is 7.41. The van der Waals surface area contributed by atoms with E-state index in [2.05, 4.69) is 16.0 Å². The number of hydrogen-bond acceptors (Lipinski definition) is 9. The second-order valence-corrected chi connectivity index (χ2v) is 15.3. The van der Waals surface area contributed by atoms with Gasteiger partial charge in [0, 0.05) is 38.8 Å². The van der Waals surface area contributed by atoms with Crippen LogP contribution < -0.4 is 25.4 Å². The fourth-order valence-corrected chi connectivity index (χ4v) is 8.28. The van der Waals surface area contributed by atoms with Crippen LogP contribution in [0, 0.1) is 11.3 Å². The number of halogens is 2. The fourth-order valence-electron chi connectivity index (χ4n) is 8.28. The molecule has 2 aliphatic carbocycles. The molecule has 3 saturated heterocycles. The van der Waals surface area contributed by atoms with Gasteiger partial charge in [-0.2, -0.15) is 8.78 Å². The third-order valence-corrected chi connectivity index (χ3v) is 10.8. The van der Waals surface area contributed by atoms with Gasteiger partial charge in [-0.1, -0.05) is 12.8 Å². The number of anilines is 1. The zero-order chi connectivity index (χ0) is 33.6. The largest absolute Gasteiger partial charge is 0.494 e. The van der Waals surface area contributed by atoms with Gasteiger partial charge in [0.25, 0.3) is 5.91 Å². The van der Waals surface area contributed by atoms with E-state index in [-0.39, 0.29) is 12.1 Å². The quantitative estimate of drug-likeness (QED) is 0.391. The molecular weight excluding hydrogens is 610 g/mol. The number of alkyl halides is 2. The molecular formula is C34H52F2N6O5. The van der Waals surface area contributed by atoms with Gasteiger partial charge >= 0.3 is 12.0 Å². The Morgan fingerprint density at radius 3 is 2.49 bits per heavy atom. The van der Waals surface area contributed by atoms with Crippen molar-refractivity contribution >= 4 is 17.7 Å². The summed E-state index contributed by atoms with van der Waals surface area (Å²) in [5.74, 6) is -2.76. The van der Waals surface area contributed by atoms with Crippen molar-refractivity contribution in [2.75, 3.05) is 52.3 Å². The first-order valence-corrected chi connectivity index (χ1v) is 17.2. The maximum atomic E-state index is 15.0. The van der Waals surface area contributed by atoms with E-state index in [9.17, 15) is 9.59 Å². The number of carbonyl (C=O) groups is 2. The average Bonchev–Trinajstić information content (AvgIpc) is 3.53. The van der Waals surface area contributed by atoms with E-state index in [1.807, 2.05) is 48.8 Å². The Kier molecular flexibility index (Phi) is 9.54. The number of carbonyl (C=O) groups excluding carboxylic acids is 2. The van der Waals surface area contributed by atoms with E-state index in [0.29, 0.717) is 30.2 Å². The van der Waals surface area contributed by atoms with E-state index in [1.165, 1.54) is 11.9 Å². The number of ether oxygens (including phenoxy) is 3. The van der Waals surface area contributed by atoms with Crippen LogP contribution in [0.15, 0.2) is 18.2 Å². The van der Waals surface area contributed by atoms with Crippen molar-refractivity contribution in [3.8, 4) is 11.5 Å². The van der Waals surface area contributed by atoms with Crippen molar-refractivity contribution in [2.45, 2.75) is 108 Å². The highest BCUT2D eigenvalue weighted by Gasteiger charge is 2.54. The minimum Gasteiger partial charge on any atom is -0.494 e. The van der Waals surface area contributed by atoms with E-state index >= 15 is 8.78 Å². The van der Waals surface area contributed by atoms with Gasteiger partial charge in [0.2, 0.25) is 0 Å². The molecule has 5 fully saturated rings. The van der Waals surface area contributed by atoms with E-state index in [4.69, 9.17) is 14.2 Å². The van der Waals surface area contributed by atoms with Crippen LogP contribution in [-0.4, -0.2) is 110 Å². The molecule has 0 bridgehead atoms. The number of rotatable bonds is 7. The van der Waals surface area contributed by atoms with Crippen molar-refractivity contribution in [2.24, 2.45) is 11.3 Å². The van der Waals surface area contributed by atoms with Gasteiger partial charge in [0.05, 0.1) is 38.2 Å². The number of methoxy groups -OCH3 is 1. The van der Waals surface area contributed by atoms with Crippen molar-refractivity contribution in [3.05, 3.63) is 18.2 Å². The van der Waals surface area contributed by atoms with Gasteiger partial charge in [0.15, 0.2) is 0 Å². The Labute approximate surface area is 277 Å². The highest BCUT2D eigenvalue weighted by molar-refractivity contribution is 5.84. The molecule has 11 nitrogen and oxygen atoms in total. The number of nitrogens with one attached hydrogen (secondary N) is 3. The Bertz CT molecular complexity index is 1290. The summed E-state index contributed by atoms with van der Waals surface area (Å²) >= 11 is 0. The monoisotopic (exact) mass is 662 g/mol. The van der Waals surface area contributed by atoms with Gasteiger partial charge in [0.1, 0.15) is 23.4 Å². The first-order valence-electron chi connectivity index (χ1n) is 17.2. The minimum absolute atomic E-state index is 0.0143. The summed E-state index contributed by atoms with van der Waals surface area (Å²) in [7, 11) is 3.08. The number of benzene rings is 1. The van der Waals surface area contributed by atoms with Crippen LogP contribution in [0.5, 0.6) is 11.5 Å². The molecule has 0 radical (unpaired) electrons. The van der Waals surface area contributed by atoms with Crippen LogP contribution in [-0.2, 0) is 9.53 Å². The molecule has 3 heterocycles. The van der Waals surface area contributed by atoms with Crippen LogP contribution in [0.3, 0.4) is 0 Å². The van der Waals surface area contributed by atoms with E-state index in [0.717, 1.165) is 75.9 Å². The standard InChI is InChI=1S/C34H52F2N6O5/c1-32(2,3)47-31(44)41-14-12-33(13-15-41)17-22(18-33)20-46-24-10-11-25(27(16-24)45-5)38-30-37-19-26-28(39-30)42(23-8-6-7-9-23)21-34(35,36)29(43)40(26)4/h10-11,16,22-23,26,28,30,37-39H,6-9,12-15,17-21H2,1-5H3. The van der Waals surface area contributed by atoms with Crippen LogP contribution in [0.1, 0.15) is 72.1 Å². The third-order valence-electron chi connectivity index (χ3n) is 10.8. The lowest BCUT2D eigenvalue weighted by Gasteiger charge is -2.52. The predicted octanol–water partition coefficient (Wildman–Crippen LogP) is 4.44. The lowest BCUT2D eigenvalue weighted by Crippen LogP contribution is -2.71. The van der Waals surface area contributed by atoms with Crippen LogP contribution >= 0.6 is 0 Å². The molecule has 1 aromatic carbocycles. The number of amides is 2. The lowest BCUT2D eigenvalue weighted by atomic mass is 9.58. The summed E-state index contributed by atoms with van der Waals surface area (Å²) in [4.78, 5) is 30.0. The summed E-state index contributed by atoms with van der Waals surface area (Å²) in [5, 5.41) is 10.3. The number of likely N-dealkylation sites (N-methyl/N-ethyl adjacent to an activating group) is 1. The molecule has 262 valence electrons. The van der Waals surface area contributed by atoms with Crippen molar-refractivity contribution in [3.63, 3.8) is 0 Å². The Morgan fingerprint density at radius 1 is 1.13 bits per heavy atom. The maximum Gasteiger partial charge on any atom is 0.410 e. The summed E-state index contributed by atoms with van der Waals surface area (Å²) < 4.78 is 47.5. The molecule has 47 heavy (non-hydrogen) atoms. The maximum absolute atomic E-state index is 15.0. The van der Waals surface area contributed by atoms with Crippen LogP contribution in [0.2, 0.25) is 0 Å². The van der Waals surface area contributed by atoms with Gasteiger partial charge in [-0.3, -0.25) is 20.3 Å². The molecule has 0 aromatic heterocycles. The fraction of sp³-hybridized carbons (Fsp3) is 0.765. The SMILES string of the molecule is COc1cc(OCC2CC3(CCN(C(=O)OC(C)(C)C)CC3)C2)ccc1NC1NCC2C(N1)N(C1CCCC1)CC(F)(F)C(=O)N2C. The highest BCUT2D eigenvalue weighted by atomic mass is 19.3. The Hall–Kier alpha value is -2.90. The predicted molar refractivity (Wildman–Crippen MR) is 173 cm³/mol. The molecule has 2 saturated carbocycles. The van der Waals surface area contributed by atoms with Crippen LogP contribution in [0.25, 0.3) is 0 Å². The zero-order valence-electron chi connectivity index (χ0n) is 28.5. The molecule has 3 unspecified atom stereocenters. The summed E-state index contributed by atoms with van der Waals surface area (Å²) in [5.41, 5.74) is 0.543. The number of nitrogens with zero attached hydrogens (tertiary/aromatic N) is 3. The van der Waals surface area contributed by atoms with E-state index in [1.54, 1.807) is 7.11 Å². The van der Waals surface area contributed by atoms with Crippen molar-refractivity contribution in [1.82, 2.24) is 25.3 Å². The molecule has 1 spiro atoms. The highest BCUT2D eigenvalue weighted by Crippen LogP contribution is 2.52. The summed E-state index contributed by atoms with van der Waals surface area (Å²) in [6, 6.07) is 5.26. The number of piperidine rings is 1. The number of hydrogen-bond donors (Lipinski definition) is 3. The first-order chi connectivity index (χ1) is 22.3. The zero-order valence-corrected chi connectivity index (χ0v) is 28.5.